The van der Waals surface area contributed by atoms with E-state index >= 15 is 0 Å². The number of amides is 3. The van der Waals surface area contributed by atoms with Gasteiger partial charge in [-0.05, 0) is 56.2 Å². The summed E-state index contributed by atoms with van der Waals surface area (Å²) in [6, 6.07) is 15.9. The van der Waals surface area contributed by atoms with Crippen LogP contribution in [0.3, 0.4) is 0 Å². The molecular weight excluding hydrogens is 606 g/mol. The number of hydrogen-bond acceptors (Lipinski definition) is 9. The van der Waals surface area contributed by atoms with Gasteiger partial charge in [0.15, 0.2) is 5.82 Å². The Hall–Kier alpha value is -5.51. The van der Waals surface area contributed by atoms with Gasteiger partial charge >= 0.3 is 6.03 Å². The van der Waals surface area contributed by atoms with Crippen molar-refractivity contribution in [1.29, 1.82) is 5.26 Å². The number of benzene rings is 1. The van der Waals surface area contributed by atoms with E-state index in [1.165, 1.54) is 0 Å². The third-order valence-electron chi connectivity index (χ3n) is 9.71. The molecule has 3 N–H and O–H groups in total. The van der Waals surface area contributed by atoms with Gasteiger partial charge in [-0.15, -0.1) is 0 Å². The maximum atomic E-state index is 13.8. The lowest BCUT2D eigenvalue weighted by molar-refractivity contribution is -0.119. The molecule has 3 aromatic heterocycles. The van der Waals surface area contributed by atoms with E-state index in [2.05, 4.69) is 37.0 Å². The first-order valence-corrected chi connectivity index (χ1v) is 16.5. The lowest BCUT2D eigenvalue weighted by Gasteiger charge is -2.36. The monoisotopic (exact) mass is 645 g/mol. The van der Waals surface area contributed by atoms with E-state index in [1.54, 1.807) is 28.2 Å². The van der Waals surface area contributed by atoms with Gasteiger partial charge in [0.2, 0.25) is 11.9 Å². The zero-order valence-corrected chi connectivity index (χ0v) is 27.0. The normalized spacial score (nSPS) is 21.9. The SMILES string of the molecule is Cn1cc(-c2ccc(N(C(=O)NCc3ccccc3)C3CCC(Nc4ncc(C#N)c(N5CCC6(CCC(=O)N6)C5)n4)CC3)nc2)cn1. The number of aromatic nitrogens is 5. The number of nitriles is 1. The highest BCUT2D eigenvalue weighted by Crippen LogP contribution is 2.35. The number of hydrogen-bond donors (Lipinski definition) is 3. The Kier molecular flexibility index (Phi) is 8.63. The minimum Gasteiger partial charge on any atom is -0.353 e. The Bertz CT molecular complexity index is 1810. The summed E-state index contributed by atoms with van der Waals surface area (Å²) in [6.07, 6.45) is 12.4. The number of nitrogens with zero attached hydrogens (tertiary/aromatic N) is 8. The van der Waals surface area contributed by atoms with Crippen LogP contribution >= 0.6 is 0 Å². The molecule has 4 aromatic rings. The molecule has 1 unspecified atom stereocenters. The molecule has 48 heavy (non-hydrogen) atoms. The molecule has 1 aliphatic carbocycles. The molecule has 246 valence electrons. The van der Waals surface area contributed by atoms with Crippen LogP contribution in [-0.4, -0.2) is 67.4 Å². The zero-order valence-electron chi connectivity index (χ0n) is 27.0. The number of pyridine rings is 1. The second-order valence-corrected chi connectivity index (χ2v) is 13.0. The summed E-state index contributed by atoms with van der Waals surface area (Å²) >= 11 is 0. The zero-order chi connectivity index (χ0) is 33.1. The molecule has 3 fully saturated rings. The van der Waals surface area contributed by atoms with Crippen molar-refractivity contribution in [2.75, 3.05) is 28.2 Å². The second-order valence-electron chi connectivity index (χ2n) is 13.0. The molecule has 1 spiro atoms. The van der Waals surface area contributed by atoms with Crippen LogP contribution in [-0.2, 0) is 18.4 Å². The van der Waals surface area contributed by atoms with Crippen molar-refractivity contribution in [1.82, 2.24) is 35.4 Å². The van der Waals surface area contributed by atoms with Crippen molar-refractivity contribution in [3.63, 3.8) is 0 Å². The predicted octanol–water partition coefficient (Wildman–Crippen LogP) is 4.14. The fourth-order valence-electron chi connectivity index (χ4n) is 7.14. The highest BCUT2D eigenvalue weighted by molar-refractivity contribution is 5.91. The van der Waals surface area contributed by atoms with E-state index in [1.807, 2.05) is 55.7 Å². The molecule has 1 atom stereocenters. The third kappa shape index (κ3) is 6.64. The van der Waals surface area contributed by atoms with Gasteiger partial charge in [-0.25, -0.2) is 14.8 Å². The average Bonchev–Trinajstić information content (AvgIpc) is 3.85. The topological polar surface area (TPSA) is 157 Å². The van der Waals surface area contributed by atoms with Crippen LogP contribution in [0, 0.1) is 11.3 Å². The van der Waals surface area contributed by atoms with Crippen molar-refractivity contribution in [3.8, 4) is 17.2 Å². The van der Waals surface area contributed by atoms with Crippen LogP contribution in [0.25, 0.3) is 11.1 Å². The van der Waals surface area contributed by atoms with E-state index in [0.29, 0.717) is 42.7 Å². The van der Waals surface area contributed by atoms with Crippen molar-refractivity contribution in [2.45, 2.75) is 69.1 Å². The van der Waals surface area contributed by atoms with E-state index in [9.17, 15) is 14.9 Å². The number of rotatable bonds is 8. The molecular formula is C35H39N11O2. The fourth-order valence-corrected chi connectivity index (χ4v) is 7.14. The van der Waals surface area contributed by atoms with Gasteiger partial charge in [-0.2, -0.15) is 15.3 Å². The minimum atomic E-state index is -0.242. The lowest BCUT2D eigenvalue weighted by atomic mass is 9.90. The Morgan fingerprint density at radius 3 is 2.58 bits per heavy atom. The molecule has 3 amide bonds. The first-order chi connectivity index (χ1) is 23.4. The predicted molar refractivity (Wildman–Crippen MR) is 181 cm³/mol. The summed E-state index contributed by atoms with van der Waals surface area (Å²) in [5.41, 5.74) is 3.10. The number of anilines is 3. The Balaban J connectivity index is 1.03. The Morgan fingerprint density at radius 1 is 1.06 bits per heavy atom. The number of urea groups is 1. The molecule has 3 aliphatic rings. The minimum absolute atomic E-state index is 0.0459. The van der Waals surface area contributed by atoms with Crippen LogP contribution in [0.15, 0.2) is 67.3 Å². The van der Waals surface area contributed by atoms with E-state index < -0.39 is 0 Å². The molecule has 13 heteroatoms. The van der Waals surface area contributed by atoms with Gasteiger partial charge in [-0.3, -0.25) is 14.4 Å². The highest BCUT2D eigenvalue weighted by Gasteiger charge is 2.44. The lowest BCUT2D eigenvalue weighted by Crippen LogP contribution is -2.49. The fraction of sp³-hybridized carbons (Fsp3) is 0.400. The standard InChI is InChI=1S/C35H39N11O2/c1-44-22-27(21-40-44)25-7-12-30(37-19-25)46(34(48)39-18-24-5-3-2-4-6-24)29-10-8-28(9-11-29)41-33-38-20-26(17-36)32(42-33)45-16-15-35(23-45)14-13-31(47)43-35/h2-7,12,19-22,28-29H,8-11,13-16,18,23H2,1H3,(H,39,48)(H,43,47)(H,38,41,42). The summed E-state index contributed by atoms with van der Waals surface area (Å²) in [5, 5.41) is 23.8. The van der Waals surface area contributed by atoms with E-state index in [4.69, 9.17) is 9.97 Å². The maximum absolute atomic E-state index is 13.8. The Labute approximate surface area is 279 Å². The highest BCUT2D eigenvalue weighted by atomic mass is 16.2. The molecule has 1 aromatic carbocycles. The second kappa shape index (κ2) is 13.3. The van der Waals surface area contributed by atoms with Gasteiger partial charge in [0.25, 0.3) is 0 Å². The van der Waals surface area contributed by atoms with Gasteiger partial charge < -0.3 is 20.9 Å². The quantitative estimate of drug-likeness (QED) is 0.256. The largest absolute Gasteiger partial charge is 0.353 e. The number of carbonyl (C=O) groups excluding carboxylic acids is 2. The summed E-state index contributed by atoms with van der Waals surface area (Å²) in [6.45, 7) is 1.77. The van der Waals surface area contributed by atoms with Gasteiger partial charge in [0, 0.05) is 68.7 Å². The molecule has 0 bridgehead atoms. The summed E-state index contributed by atoms with van der Waals surface area (Å²) in [7, 11) is 1.88. The van der Waals surface area contributed by atoms with Crippen molar-refractivity contribution < 1.29 is 9.59 Å². The van der Waals surface area contributed by atoms with E-state index in [-0.39, 0.29) is 29.6 Å². The Morgan fingerprint density at radius 2 is 1.90 bits per heavy atom. The van der Waals surface area contributed by atoms with Crippen LogP contribution < -0.4 is 25.8 Å². The summed E-state index contributed by atoms with van der Waals surface area (Å²) in [4.78, 5) is 43.6. The summed E-state index contributed by atoms with van der Waals surface area (Å²) < 4.78 is 1.75. The molecule has 7 rings (SSSR count). The van der Waals surface area contributed by atoms with Crippen LogP contribution in [0.2, 0.25) is 0 Å². The van der Waals surface area contributed by atoms with Gasteiger partial charge in [0.05, 0.1) is 17.9 Å². The van der Waals surface area contributed by atoms with Crippen molar-refractivity contribution >= 4 is 29.5 Å². The van der Waals surface area contributed by atoms with Gasteiger partial charge in [-0.1, -0.05) is 30.3 Å². The molecule has 2 saturated heterocycles. The number of aryl methyl sites for hydroxylation is 1. The van der Waals surface area contributed by atoms with Crippen LogP contribution in [0.4, 0.5) is 22.4 Å². The van der Waals surface area contributed by atoms with E-state index in [0.717, 1.165) is 61.8 Å². The smallest absolute Gasteiger partial charge is 0.323 e. The van der Waals surface area contributed by atoms with Crippen molar-refractivity contribution in [3.05, 3.63) is 78.4 Å². The molecule has 1 saturated carbocycles. The molecule has 0 radical (unpaired) electrons. The molecule has 2 aliphatic heterocycles. The van der Waals surface area contributed by atoms with Crippen molar-refractivity contribution in [2.24, 2.45) is 7.05 Å². The average molecular weight is 646 g/mol. The molecule has 13 nitrogen and oxygen atoms in total. The number of carbonyl (C=O) groups is 2. The first-order valence-electron chi connectivity index (χ1n) is 16.5. The first kappa shape index (κ1) is 31.1. The van der Waals surface area contributed by atoms with Gasteiger partial charge in [0.1, 0.15) is 17.5 Å². The third-order valence-corrected chi connectivity index (χ3v) is 9.71. The summed E-state index contributed by atoms with van der Waals surface area (Å²) in [5.74, 6) is 1.77. The maximum Gasteiger partial charge on any atom is 0.323 e. The number of nitrogens with one attached hydrogen (secondary N) is 3. The molecule has 5 heterocycles. The van der Waals surface area contributed by atoms with Crippen LogP contribution in [0.1, 0.15) is 56.1 Å². The van der Waals surface area contributed by atoms with Crippen LogP contribution in [0.5, 0.6) is 0 Å².